The summed E-state index contributed by atoms with van der Waals surface area (Å²) in [5, 5.41) is 4.38. The molecule has 0 atom stereocenters. The Morgan fingerprint density at radius 1 is 1.62 bits per heavy atom. The second-order valence-electron chi connectivity index (χ2n) is 4.07. The molecule has 1 aromatic rings. The molecule has 0 aromatic carbocycles. The van der Waals surface area contributed by atoms with E-state index < -0.39 is 0 Å². The number of rotatable bonds is 3. The van der Waals surface area contributed by atoms with Crippen LogP contribution in [0.2, 0.25) is 0 Å². The summed E-state index contributed by atoms with van der Waals surface area (Å²) in [5.41, 5.74) is 8.30. The van der Waals surface area contributed by atoms with Gasteiger partial charge in [0.25, 0.3) is 0 Å². The molecular formula is C10H17N3. The molecule has 3 nitrogen and oxygen atoms in total. The fraction of sp³-hybridized carbons (Fsp3) is 0.700. The van der Waals surface area contributed by atoms with Crippen LogP contribution >= 0.6 is 0 Å². The van der Waals surface area contributed by atoms with E-state index in [1.165, 1.54) is 24.1 Å². The van der Waals surface area contributed by atoms with Gasteiger partial charge in [-0.05, 0) is 26.7 Å². The van der Waals surface area contributed by atoms with Crippen LogP contribution in [-0.4, -0.2) is 9.78 Å². The summed E-state index contributed by atoms with van der Waals surface area (Å²) < 4.78 is 2.12. The largest absolute Gasteiger partial charge is 0.326 e. The van der Waals surface area contributed by atoms with Crippen LogP contribution in [-0.2, 0) is 6.54 Å². The predicted molar refractivity (Wildman–Crippen MR) is 52.5 cm³/mol. The van der Waals surface area contributed by atoms with Crippen molar-refractivity contribution in [1.82, 2.24) is 9.78 Å². The quantitative estimate of drug-likeness (QED) is 0.769. The maximum atomic E-state index is 5.68. The van der Waals surface area contributed by atoms with E-state index in [4.69, 9.17) is 5.73 Å². The van der Waals surface area contributed by atoms with E-state index in [2.05, 4.69) is 23.6 Å². The Labute approximate surface area is 78.9 Å². The summed E-state index contributed by atoms with van der Waals surface area (Å²) in [4.78, 5) is 0. The summed E-state index contributed by atoms with van der Waals surface area (Å²) in [5.74, 6) is 0.739. The molecule has 1 aliphatic carbocycles. The van der Waals surface area contributed by atoms with Gasteiger partial charge in [0.2, 0.25) is 0 Å². The van der Waals surface area contributed by atoms with Gasteiger partial charge in [-0.3, -0.25) is 4.68 Å². The summed E-state index contributed by atoms with van der Waals surface area (Å²) in [6.07, 6.45) is 4.55. The van der Waals surface area contributed by atoms with Gasteiger partial charge in [0.15, 0.2) is 0 Å². The number of nitrogens with zero attached hydrogens (tertiary/aromatic N) is 2. The highest BCUT2D eigenvalue weighted by atomic mass is 15.3. The minimum atomic E-state index is 0.455. The first-order valence-electron chi connectivity index (χ1n) is 5.00. The van der Waals surface area contributed by atoms with Crippen LogP contribution in [0.4, 0.5) is 0 Å². The van der Waals surface area contributed by atoms with Crippen LogP contribution in [0.25, 0.3) is 0 Å². The summed E-state index contributed by atoms with van der Waals surface area (Å²) in [6, 6.07) is 0.455. The first kappa shape index (κ1) is 8.75. The fourth-order valence-corrected chi connectivity index (χ4v) is 1.78. The predicted octanol–water partition coefficient (Wildman–Crippen LogP) is 1.80. The van der Waals surface area contributed by atoms with E-state index in [1.807, 2.05) is 6.20 Å². The first-order valence-corrected chi connectivity index (χ1v) is 5.00. The Balaban J connectivity index is 2.38. The van der Waals surface area contributed by atoms with Gasteiger partial charge in [-0.15, -0.1) is 0 Å². The average molecular weight is 179 g/mol. The van der Waals surface area contributed by atoms with Crippen LogP contribution in [0.15, 0.2) is 6.20 Å². The highest BCUT2D eigenvalue weighted by Crippen LogP contribution is 2.42. The van der Waals surface area contributed by atoms with Crippen molar-refractivity contribution < 1.29 is 0 Å². The normalized spacial score (nSPS) is 16.9. The lowest BCUT2D eigenvalue weighted by Crippen LogP contribution is -2.08. The Bertz CT molecular complexity index is 297. The monoisotopic (exact) mass is 179 g/mol. The molecule has 0 radical (unpaired) electrons. The van der Waals surface area contributed by atoms with E-state index in [0.717, 1.165) is 5.92 Å². The molecule has 1 fully saturated rings. The molecule has 1 aliphatic rings. The van der Waals surface area contributed by atoms with Crippen LogP contribution < -0.4 is 5.73 Å². The molecule has 1 heterocycles. The van der Waals surface area contributed by atoms with Crippen LogP contribution in [0, 0.1) is 0 Å². The van der Waals surface area contributed by atoms with Crippen molar-refractivity contribution in [3.8, 4) is 0 Å². The molecule has 1 saturated carbocycles. The molecule has 0 unspecified atom stereocenters. The first-order chi connectivity index (χ1) is 6.24. The summed E-state index contributed by atoms with van der Waals surface area (Å²) in [7, 11) is 0. The highest BCUT2D eigenvalue weighted by molar-refractivity contribution is 5.25. The minimum Gasteiger partial charge on any atom is -0.326 e. The molecule has 2 N–H and O–H groups in total. The molecule has 72 valence electrons. The highest BCUT2D eigenvalue weighted by Gasteiger charge is 2.30. The Kier molecular flexibility index (Phi) is 2.12. The number of hydrogen-bond acceptors (Lipinski definition) is 2. The standard InChI is InChI=1S/C10H17N3/c1-7(2)13-10(8-3-4-8)9(5-11)6-12-13/h6-8H,3-5,11H2,1-2H3. The number of aromatic nitrogens is 2. The lowest BCUT2D eigenvalue weighted by Gasteiger charge is -2.11. The average Bonchev–Trinajstić information content (AvgIpc) is 2.84. The Morgan fingerprint density at radius 3 is 2.77 bits per heavy atom. The van der Waals surface area contributed by atoms with E-state index in [1.54, 1.807) is 0 Å². The third-order valence-corrected chi connectivity index (χ3v) is 2.59. The molecule has 0 saturated heterocycles. The van der Waals surface area contributed by atoms with Gasteiger partial charge in [0.05, 0.1) is 6.20 Å². The minimum absolute atomic E-state index is 0.455. The summed E-state index contributed by atoms with van der Waals surface area (Å²) >= 11 is 0. The van der Waals surface area contributed by atoms with Crippen LogP contribution in [0.1, 0.15) is 49.9 Å². The zero-order chi connectivity index (χ0) is 9.42. The van der Waals surface area contributed by atoms with Gasteiger partial charge in [0, 0.05) is 29.8 Å². The van der Waals surface area contributed by atoms with Crippen molar-refractivity contribution in [3.63, 3.8) is 0 Å². The van der Waals surface area contributed by atoms with Gasteiger partial charge >= 0.3 is 0 Å². The second kappa shape index (κ2) is 3.14. The number of hydrogen-bond donors (Lipinski definition) is 1. The Morgan fingerprint density at radius 2 is 2.31 bits per heavy atom. The van der Waals surface area contributed by atoms with Crippen molar-refractivity contribution in [2.75, 3.05) is 0 Å². The lowest BCUT2D eigenvalue weighted by molar-refractivity contribution is 0.508. The third-order valence-electron chi connectivity index (χ3n) is 2.59. The van der Waals surface area contributed by atoms with Crippen molar-refractivity contribution >= 4 is 0 Å². The smallest absolute Gasteiger partial charge is 0.0537 e. The van der Waals surface area contributed by atoms with Gasteiger partial charge in [-0.2, -0.15) is 5.10 Å². The van der Waals surface area contributed by atoms with Gasteiger partial charge < -0.3 is 5.73 Å². The summed E-state index contributed by atoms with van der Waals surface area (Å²) in [6.45, 7) is 4.96. The third kappa shape index (κ3) is 1.48. The lowest BCUT2D eigenvalue weighted by atomic mass is 10.1. The Hall–Kier alpha value is -0.830. The molecule has 0 amide bonds. The van der Waals surface area contributed by atoms with Crippen molar-refractivity contribution in [2.45, 2.75) is 45.2 Å². The maximum absolute atomic E-state index is 5.68. The maximum Gasteiger partial charge on any atom is 0.0537 e. The van der Waals surface area contributed by atoms with E-state index >= 15 is 0 Å². The second-order valence-corrected chi connectivity index (χ2v) is 4.07. The van der Waals surface area contributed by atoms with Crippen molar-refractivity contribution in [3.05, 3.63) is 17.5 Å². The van der Waals surface area contributed by atoms with Crippen molar-refractivity contribution in [1.29, 1.82) is 0 Å². The molecule has 2 rings (SSSR count). The van der Waals surface area contributed by atoms with Crippen LogP contribution in [0.5, 0.6) is 0 Å². The molecule has 0 bridgehead atoms. The SMILES string of the molecule is CC(C)n1ncc(CN)c1C1CC1. The van der Waals surface area contributed by atoms with E-state index in [-0.39, 0.29) is 0 Å². The fourth-order valence-electron chi connectivity index (χ4n) is 1.78. The number of nitrogens with two attached hydrogens (primary N) is 1. The molecule has 3 heteroatoms. The van der Waals surface area contributed by atoms with Crippen LogP contribution in [0.3, 0.4) is 0 Å². The molecule has 0 aliphatic heterocycles. The van der Waals surface area contributed by atoms with Gasteiger partial charge in [-0.25, -0.2) is 0 Å². The van der Waals surface area contributed by atoms with E-state index in [9.17, 15) is 0 Å². The molecule has 13 heavy (non-hydrogen) atoms. The van der Waals surface area contributed by atoms with E-state index in [0.29, 0.717) is 12.6 Å². The molecule has 1 aromatic heterocycles. The molecule has 0 spiro atoms. The zero-order valence-electron chi connectivity index (χ0n) is 8.33. The zero-order valence-corrected chi connectivity index (χ0v) is 8.33. The topological polar surface area (TPSA) is 43.8 Å². The van der Waals surface area contributed by atoms with Gasteiger partial charge in [0.1, 0.15) is 0 Å². The molecular weight excluding hydrogens is 162 g/mol. The van der Waals surface area contributed by atoms with Gasteiger partial charge in [-0.1, -0.05) is 0 Å². The van der Waals surface area contributed by atoms with Crippen molar-refractivity contribution in [2.24, 2.45) is 5.73 Å².